The smallest absolute Gasteiger partial charge is 0.146 e. The molecule has 1 aliphatic rings. The van der Waals surface area contributed by atoms with E-state index in [1.165, 1.54) is 0 Å². The molecule has 3 aromatic rings. The average molecular weight is 332 g/mol. The highest BCUT2D eigenvalue weighted by atomic mass is 16.5. The van der Waals surface area contributed by atoms with Crippen LogP contribution in [-0.4, -0.2) is 10.2 Å². The summed E-state index contributed by atoms with van der Waals surface area (Å²) in [5.41, 5.74) is 2.51. The van der Waals surface area contributed by atoms with Gasteiger partial charge in [-0.05, 0) is 30.5 Å². The maximum atomic E-state index is 10.9. The lowest BCUT2D eigenvalue weighted by atomic mass is 9.89. The number of benzene rings is 3. The SMILES string of the molecule is CCc1ccccc1OC1C=CCc2c1c(O)c1ccccc1c2O. The van der Waals surface area contributed by atoms with Gasteiger partial charge in [-0.1, -0.05) is 55.5 Å². The third-order valence-corrected chi connectivity index (χ3v) is 4.83. The van der Waals surface area contributed by atoms with Crippen molar-refractivity contribution in [3.63, 3.8) is 0 Å². The summed E-state index contributed by atoms with van der Waals surface area (Å²) in [4.78, 5) is 0. The molecule has 3 heteroatoms. The van der Waals surface area contributed by atoms with Crippen LogP contribution in [0.3, 0.4) is 0 Å². The summed E-state index contributed by atoms with van der Waals surface area (Å²) in [6.45, 7) is 2.09. The highest BCUT2D eigenvalue weighted by Crippen LogP contribution is 2.46. The van der Waals surface area contributed by atoms with Crippen molar-refractivity contribution in [1.29, 1.82) is 0 Å². The first-order valence-corrected chi connectivity index (χ1v) is 8.57. The average Bonchev–Trinajstić information content (AvgIpc) is 2.66. The molecule has 25 heavy (non-hydrogen) atoms. The maximum Gasteiger partial charge on any atom is 0.146 e. The first-order chi connectivity index (χ1) is 12.2. The van der Waals surface area contributed by atoms with Gasteiger partial charge in [0.1, 0.15) is 23.4 Å². The van der Waals surface area contributed by atoms with Crippen LogP contribution in [0.1, 0.15) is 29.7 Å². The summed E-state index contributed by atoms with van der Waals surface area (Å²) in [7, 11) is 0. The molecule has 0 radical (unpaired) electrons. The highest BCUT2D eigenvalue weighted by molar-refractivity contribution is 5.96. The number of phenols is 2. The van der Waals surface area contributed by atoms with Crippen LogP contribution in [0.15, 0.2) is 60.7 Å². The number of aromatic hydroxyl groups is 2. The zero-order valence-corrected chi connectivity index (χ0v) is 14.1. The van der Waals surface area contributed by atoms with Crippen molar-refractivity contribution in [1.82, 2.24) is 0 Å². The number of rotatable bonds is 3. The standard InChI is InChI=1S/C22H20O3/c1-2-14-8-3-6-12-18(14)25-19-13-7-11-17-20(19)22(24)16-10-5-4-9-15(16)21(17)23/h3-10,12-13,19,23-24H,2,11H2,1H3. The Labute approximate surface area is 146 Å². The van der Waals surface area contributed by atoms with Crippen LogP contribution in [0.2, 0.25) is 0 Å². The molecule has 1 aliphatic carbocycles. The molecule has 0 heterocycles. The molecule has 0 aliphatic heterocycles. The Morgan fingerprint density at radius 2 is 1.64 bits per heavy atom. The minimum absolute atomic E-state index is 0.187. The lowest BCUT2D eigenvalue weighted by molar-refractivity contribution is 0.243. The van der Waals surface area contributed by atoms with E-state index in [0.29, 0.717) is 22.8 Å². The minimum atomic E-state index is -0.424. The fraction of sp³-hybridized carbons (Fsp3) is 0.182. The number of allylic oxidation sites excluding steroid dienone is 1. The van der Waals surface area contributed by atoms with Crippen LogP contribution in [0.5, 0.6) is 17.2 Å². The number of fused-ring (bicyclic) bond motifs is 2. The van der Waals surface area contributed by atoms with Gasteiger partial charge >= 0.3 is 0 Å². The molecule has 0 saturated heterocycles. The molecular formula is C22H20O3. The molecule has 0 saturated carbocycles. The van der Waals surface area contributed by atoms with Gasteiger partial charge in [-0.3, -0.25) is 0 Å². The van der Waals surface area contributed by atoms with Crippen LogP contribution in [0.4, 0.5) is 0 Å². The summed E-state index contributed by atoms with van der Waals surface area (Å²) < 4.78 is 6.23. The summed E-state index contributed by atoms with van der Waals surface area (Å²) in [6, 6.07) is 15.3. The summed E-state index contributed by atoms with van der Waals surface area (Å²) in [5.74, 6) is 1.22. The van der Waals surface area contributed by atoms with Gasteiger partial charge in [-0.15, -0.1) is 0 Å². The fourth-order valence-electron chi connectivity index (χ4n) is 3.54. The maximum absolute atomic E-state index is 10.9. The first-order valence-electron chi connectivity index (χ1n) is 8.57. The Kier molecular flexibility index (Phi) is 3.85. The normalized spacial score (nSPS) is 16.0. The lowest BCUT2D eigenvalue weighted by Gasteiger charge is -2.26. The third kappa shape index (κ3) is 2.52. The van der Waals surface area contributed by atoms with E-state index in [0.717, 1.165) is 23.3 Å². The molecule has 0 amide bonds. The second-order valence-corrected chi connectivity index (χ2v) is 6.27. The first kappa shape index (κ1) is 15.6. The fourth-order valence-corrected chi connectivity index (χ4v) is 3.54. The predicted molar refractivity (Wildman–Crippen MR) is 99.3 cm³/mol. The molecular weight excluding hydrogens is 312 g/mol. The lowest BCUT2D eigenvalue weighted by Crippen LogP contribution is -2.13. The van der Waals surface area contributed by atoms with Crippen molar-refractivity contribution in [3.05, 3.63) is 77.4 Å². The van der Waals surface area contributed by atoms with Gasteiger partial charge in [0.25, 0.3) is 0 Å². The molecule has 1 unspecified atom stereocenters. The minimum Gasteiger partial charge on any atom is -0.507 e. The van der Waals surface area contributed by atoms with Crippen molar-refractivity contribution in [2.75, 3.05) is 0 Å². The number of hydrogen-bond acceptors (Lipinski definition) is 3. The zero-order valence-electron chi connectivity index (χ0n) is 14.1. The van der Waals surface area contributed by atoms with Crippen LogP contribution in [0, 0.1) is 0 Å². The van der Waals surface area contributed by atoms with Gasteiger partial charge in [0.05, 0.1) is 0 Å². The van der Waals surface area contributed by atoms with Gasteiger partial charge in [0.15, 0.2) is 0 Å². The van der Waals surface area contributed by atoms with Crippen molar-refractivity contribution in [3.8, 4) is 17.2 Å². The van der Waals surface area contributed by atoms with Crippen LogP contribution >= 0.6 is 0 Å². The Hall–Kier alpha value is -2.94. The Morgan fingerprint density at radius 1 is 0.960 bits per heavy atom. The van der Waals surface area contributed by atoms with Crippen LogP contribution < -0.4 is 4.74 Å². The number of para-hydroxylation sites is 1. The van der Waals surface area contributed by atoms with Crippen molar-refractivity contribution in [2.45, 2.75) is 25.9 Å². The number of ether oxygens (including phenoxy) is 1. The summed E-state index contributed by atoms with van der Waals surface area (Å²) >= 11 is 0. The van der Waals surface area contributed by atoms with Gasteiger partial charge in [-0.25, -0.2) is 0 Å². The van der Waals surface area contributed by atoms with Crippen LogP contribution in [-0.2, 0) is 12.8 Å². The molecule has 4 rings (SSSR count). The largest absolute Gasteiger partial charge is 0.507 e. The van der Waals surface area contributed by atoms with Crippen molar-refractivity contribution >= 4 is 10.8 Å². The quantitative estimate of drug-likeness (QED) is 0.521. The second kappa shape index (κ2) is 6.17. The molecule has 0 bridgehead atoms. The number of phenolic OH excluding ortho intramolecular Hbond substituents is 2. The monoisotopic (exact) mass is 332 g/mol. The van der Waals surface area contributed by atoms with Gasteiger partial charge in [0.2, 0.25) is 0 Å². The Bertz CT molecular complexity index is 972. The number of aryl methyl sites for hydroxylation is 1. The molecule has 0 fully saturated rings. The second-order valence-electron chi connectivity index (χ2n) is 6.27. The van der Waals surface area contributed by atoms with Gasteiger partial charge < -0.3 is 14.9 Å². The molecule has 3 aromatic carbocycles. The summed E-state index contributed by atoms with van der Waals surface area (Å²) in [5, 5.41) is 22.9. The van der Waals surface area contributed by atoms with E-state index in [9.17, 15) is 10.2 Å². The highest BCUT2D eigenvalue weighted by Gasteiger charge is 2.27. The molecule has 0 aromatic heterocycles. The molecule has 2 N–H and O–H groups in total. The van der Waals surface area contributed by atoms with E-state index in [1.54, 1.807) is 0 Å². The zero-order chi connectivity index (χ0) is 17.4. The van der Waals surface area contributed by atoms with Crippen molar-refractivity contribution < 1.29 is 14.9 Å². The third-order valence-electron chi connectivity index (χ3n) is 4.83. The molecule has 1 atom stereocenters. The topological polar surface area (TPSA) is 49.7 Å². The molecule has 126 valence electrons. The Balaban J connectivity index is 1.86. The molecule has 3 nitrogen and oxygen atoms in total. The van der Waals surface area contributed by atoms with E-state index in [4.69, 9.17) is 4.74 Å². The van der Waals surface area contributed by atoms with E-state index in [-0.39, 0.29) is 11.5 Å². The van der Waals surface area contributed by atoms with E-state index in [2.05, 4.69) is 6.92 Å². The van der Waals surface area contributed by atoms with E-state index in [1.807, 2.05) is 60.7 Å². The van der Waals surface area contributed by atoms with E-state index < -0.39 is 6.10 Å². The summed E-state index contributed by atoms with van der Waals surface area (Å²) in [6.07, 6.45) is 4.95. The van der Waals surface area contributed by atoms with E-state index >= 15 is 0 Å². The predicted octanol–water partition coefficient (Wildman–Crippen LogP) is 5.05. The Morgan fingerprint density at radius 3 is 2.40 bits per heavy atom. The molecule has 0 spiro atoms. The van der Waals surface area contributed by atoms with Crippen LogP contribution in [0.25, 0.3) is 10.8 Å². The number of hydrogen-bond donors (Lipinski definition) is 2. The van der Waals surface area contributed by atoms with Crippen molar-refractivity contribution in [2.24, 2.45) is 0 Å². The van der Waals surface area contributed by atoms with Gasteiger partial charge in [-0.2, -0.15) is 0 Å². The van der Waals surface area contributed by atoms with Gasteiger partial charge in [0, 0.05) is 21.9 Å².